The molecule has 2 aromatic carbocycles. The summed E-state index contributed by atoms with van der Waals surface area (Å²) in [6, 6.07) is 11.3. The van der Waals surface area contributed by atoms with Crippen LogP contribution in [0.4, 0.5) is 0 Å². The molecule has 0 aliphatic rings. The summed E-state index contributed by atoms with van der Waals surface area (Å²) in [4.78, 5) is 17.8. The summed E-state index contributed by atoms with van der Waals surface area (Å²) < 4.78 is 13.9. The first-order valence-electron chi connectivity index (χ1n) is 8.95. The van der Waals surface area contributed by atoms with Gasteiger partial charge < -0.3 is 14.0 Å². The van der Waals surface area contributed by atoms with Crippen LogP contribution in [-0.2, 0) is 11.3 Å². The number of hydrogen-bond acceptors (Lipinski definition) is 4. The second-order valence-electron chi connectivity index (χ2n) is 6.31. The van der Waals surface area contributed by atoms with Crippen LogP contribution in [0.1, 0.15) is 28.4 Å². The van der Waals surface area contributed by atoms with Gasteiger partial charge in [0.05, 0.1) is 23.9 Å². The number of methoxy groups -OCH3 is 1. The third-order valence-electron chi connectivity index (χ3n) is 4.31. The van der Waals surface area contributed by atoms with E-state index in [4.69, 9.17) is 9.47 Å². The van der Waals surface area contributed by atoms with E-state index in [1.165, 1.54) is 22.5 Å². The number of carbonyl (C=O) groups is 1. The fraction of sp³-hybridized carbons (Fsp3) is 0.333. The largest absolute Gasteiger partial charge is 0.497 e. The minimum absolute atomic E-state index is 0.260. The van der Waals surface area contributed by atoms with E-state index in [-0.39, 0.29) is 5.91 Å². The minimum atomic E-state index is -0.260. The third-order valence-corrected chi connectivity index (χ3v) is 5.33. The van der Waals surface area contributed by atoms with Crippen molar-refractivity contribution in [2.75, 3.05) is 20.3 Å². The van der Waals surface area contributed by atoms with E-state index < -0.39 is 0 Å². The van der Waals surface area contributed by atoms with Gasteiger partial charge in [-0.3, -0.25) is 4.79 Å². The van der Waals surface area contributed by atoms with Crippen LogP contribution < -0.4 is 9.54 Å². The van der Waals surface area contributed by atoms with Crippen molar-refractivity contribution >= 4 is 27.5 Å². The summed E-state index contributed by atoms with van der Waals surface area (Å²) in [5.74, 6) is 0.454. The van der Waals surface area contributed by atoms with Crippen LogP contribution in [0, 0.1) is 13.8 Å². The first kappa shape index (κ1) is 19.3. The molecule has 0 saturated heterocycles. The monoisotopic (exact) mass is 384 g/mol. The second kappa shape index (κ2) is 8.50. The number of hydrogen-bond donors (Lipinski definition) is 0. The molecule has 0 unspecified atom stereocenters. The van der Waals surface area contributed by atoms with Crippen LogP contribution in [-0.4, -0.2) is 30.8 Å². The topological polar surface area (TPSA) is 52.8 Å². The second-order valence-corrected chi connectivity index (χ2v) is 7.32. The highest BCUT2D eigenvalue weighted by Crippen LogP contribution is 2.23. The molecule has 0 N–H and O–H groups in total. The van der Waals surface area contributed by atoms with E-state index in [9.17, 15) is 4.79 Å². The zero-order valence-electron chi connectivity index (χ0n) is 16.1. The highest BCUT2D eigenvalue weighted by molar-refractivity contribution is 7.16. The first-order valence-corrected chi connectivity index (χ1v) is 9.76. The Balaban J connectivity index is 2.07. The molecule has 0 fully saturated rings. The summed E-state index contributed by atoms with van der Waals surface area (Å²) >= 11 is 1.54. The molecule has 0 aliphatic heterocycles. The normalized spacial score (nSPS) is 11.9. The number of aromatic nitrogens is 1. The summed E-state index contributed by atoms with van der Waals surface area (Å²) in [6.07, 6.45) is 0. The number of carbonyl (C=O) groups excluding carboxylic acids is 1. The van der Waals surface area contributed by atoms with E-state index in [0.717, 1.165) is 10.2 Å². The van der Waals surface area contributed by atoms with Crippen molar-refractivity contribution in [3.05, 3.63) is 57.9 Å². The zero-order chi connectivity index (χ0) is 19.4. The van der Waals surface area contributed by atoms with Crippen molar-refractivity contribution < 1.29 is 14.3 Å². The van der Waals surface area contributed by atoms with E-state index in [0.29, 0.717) is 35.9 Å². The predicted octanol–water partition coefficient (Wildman–Crippen LogP) is 4.11. The van der Waals surface area contributed by atoms with Gasteiger partial charge in [0.1, 0.15) is 5.75 Å². The van der Waals surface area contributed by atoms with Crippen molar-refractivity contribution in [3.63, 3.8) is 0 Å². The number of thiazole rings is 1. The van der Waals surface area contributed by atoms with Gasteiger partial charge in [-0.25, -0.2) is 0 Å². The number of nitrogens with zero attached hydrogens (tertiary/aromatic N) is 2. The average molecular weight is 385 g/mol. The summed E-state index contributed by atoms with van der Waals surface area (Å²) in [7, 11) is 1.60. The summed E-state index contributed by atoms with van der Waals surface area (Å²) in [5, 5.41) is 0. The molecule has 5 nitrogen and oxygen atoms in total. The maximum absolute atomic E-state index is 12.7. The van der Waals surface area contributed by atoms with Crippen molar-refractivity contribution in [1.82, 2.24) is 4.57 Å². The maximum Gasteiger partial charge on any atom is 0.279 e. The third kappa shape index (κ3) is 4.28. The lowest BCUT2D eigenvalue weighted by Crippen LogP contribution is -2.20. The molecule has 1 heterocycles. The van der Waals surface area contributed by atoms with Gasteiger partial charge in [-0.1, -0.05) is 17.4 Å². The molecular weight excluding hydrogens is 360 g/mol. The molecule has 1 aromatic heterocycles. The Labute approximate surface area is 162 Å². The van der Waals surface area contributed by atoms with Gasteiger partial charge in [0, 0.05) is 18.7 Å². The quantitative estimate of drug-likeness (QED) is 0.601. The van der Waals surface area contributed by atoms with Crippen molar-refractivity contribution in [2.24, 2.45) is 4.99 Å². The van der Waals surface area contributed by atoms with Gasteiger partial charge in [-0.05, 0) is 62.2 Å². The molecule has 3 aromatic rings. The average Bonchev–Trinajstić information content (AvgIpc) is 2.99. The van der Waals surface area contributed by atoms with Crippen LogP contribution in [0.15, 0.2) is 41.4 Å². The first-order chi connectivity index (χ1) is 13.0. The van der Waals surface area contributed by atoms with Gasteiger partial charge in [0.25, 0.3) is 5.91 Å². The van der Waals surface area contributed by atoms with E-state index in [2.05, 4.69) is 35.5 Å². The summed E-state index contributed by atoms with van der Waals surface area (Å²) in [5.41, 5.74) is 4.03. The molecule has 0 aliphatic carbocycles. The Morgan fingerprint density at radius 1 is 1.19 bits per heavy atom. The Hall–Kier alpha value is -2.44. The predicted molar refractivity (Wildman–Crippen MR) is 109 cm³/mol. The molecule has 0 atom stereocenters. The lowest BCUT2D eigenvalue weighted by atomic mass is 10.1. The number of benzene rings is 2. The van der Waals surface area contributed by atoms with Crippen LogP contribution in [0.5, 0.6) is 5.75 Å². The molecular formula is C21H24N2O3S. The van der Waals surface area contributed by atoms with Crippen LogP contribution in [0.25, 0.3) is 10.2 Å². The highest BCUT2D eigenvalue weighted by atomic mass is 32.1. The standard InChI is InChI=1S/C21H24N2O3S/c1-5-26-11-10-23-19-15(3)12-14(2)13-18(19)27-21(23)22-20(24)16-6-8-17(25-4)9-7-16/h6-9,12-13H,5,10-11H2,1-4H3. The summed E-state index contributed by atoms with van der Waals surface area (Å²) in [6.45, 7) is 8.05. The molecule has 3 rings (SSSR count). The van der Waals surface area contributed by atoms with E-state index in [1.54, 1.807) is 31.4 Å². The molecule has 27 heavy (non-hydrogen) atoms. The number of amides is 1. The Morgan fingerprint density at radius 2 is 1.93 bits per heavy atom. The van der Waals surface area contributed by atoms with Crippen molar-refractivity contribution in [3.8, 4) is 5.75 Å². The van der Waals surface area contributed by atoms with Gasteiger partial charge in [0.15, 0.2) is 4.80 Å². The van der Waals surface area contributed by atoms with Gasteiger partial charge >= 0.3 is 0 Å². The fourth-order valence-electron chi connectivity index (χ4n) is 3.07. The number of rotatable bonds is 6. The van der Waals surface area contributed by atoms with Gasteiger partial charge in [0.2, 0.25) is 0 Å². The highest BCUT2D eigenvalue weighted by Gasteiger charge is 2.12. The smallest absolute Gasteiger partial charge is 0.279 e. The number of ether oxygens (including phenoxy) is 2. The maximum atomic E-state index is 12.7. The SMILES string of the molecule is CCOCCn1c(=NC(=O)c2ccc(OC)cc2)sc2cc(C)cc(C)c21. The molecule has 0 radical (unpaired) electrons. The molecule has 6 heteroatoms. The van der Waals surface area contributed by atoms with E-state index in [1.807, 2.05) is 6.92 Å². The number of fused-ring (bicyclic) bond motifs is 1. The zero-order valence-corrected chi connectivity index (χ0v) is 16.9. The lowest BCUT2D eigenvalue weighted by Gasteiger charge is -2.08. The minimum Gasteiger partial charge on any atom is -0.497 e. The van der Waals surface area contributed by atoms with Gasteiger partial charge in [-0.15, -0.1) is 0 Å². The number of aryl methyl sites for hydroxylation is 2. The van der Waals surface area contributed by atoms with Crippen molar-refractivity contribution in [2.45, 2.75) is 27.3 Å². The van der Waals surface area contributed by atoms with E-state index >= 15 is 0 Å². The molecule has 0 bridgehead atoms. The van der Waals surface area contributed by atoms with Crippen LogP contribution in [0.3, 0.4) is 0 Å². The van der Waals surface area contributed by atoms with Crippen molar-refractivity contribution in [1.29, 1.82) is 0 Å². The lowest BCUT2D eigenvalue weighted by molar-refractivity contribution is 0.0996. The Kier molecular flexibility index (Phi) is 6.08. The van der Waals surface area contributed by atoms with Crippen LogP contribution in [0.2, 0.25) is 0 Å². The van der Waals surface area contributed by atoms with Crippen LogP contribution >= 0.6 is 11.3 Å². The molecule has 1 amide bonds. The molecule has 0 spiro atoms. The van der Waals surface area contributed by atoms with Gasteiger partial charge in [-0.2, -0.15) is 4.99 Å². The Morgan fingerprint density at radius 3 is 2.59 bits per heavy atom. The fourth-order valence-corrected chi connectivity index (χ4v) is 4.30. The Bertz CT molecular complexity index is 1020. The molecule has 0 saturated carbocycles. The molecule has 142 valence electrons.